The van der Waals surface area contributed by atoms with Crippen molar-refractivity contribution in [1.29, 1.82) is 0 Å². The van der Waals surface area contributed by atoms with Crippen molar-refractivity contribution < 1.29 is 8.42 Å². The molecule has 1 N–H and O–H groups in total. The highest BCUT2D eigenvalue weighted by Crippen LogP contribution is 2.05. The maximum atomic E-state index is 11.4. The Hall–Kier alpha value is 0.160. The topological polar surface area (TPSA) is 49.4 Å². The number of hydrogen-bond donors (Lipinski definition) is 1. The molecular weight excluding hydrogens is 212 g/mol. The van der Waals surface area contributed by atoms with Crippen molar-refractivity contribution in [2.24, 2.45) is 0 Å². The lowest BCUT2D eigenvalue weighted by Crippen LogP contribution is -2.51. The van der Waals surface area contributed by atoms with Crippen LogP contribution in [0, 0.1) is 0 Å². The Morgan fingerprint density at radius 3 is 2.62 bits per heavy atom. The molecule has 6 heteroatoms. The molecule has 1 fully saturated rings. The van der Waals surface area contributed by atoms with Gasteiger partial charge in [-0.05, 0) is 13.8 Å². The molecule has 1 heterocycles. The first kappa shape index (κ1) is 13.2. The van der Waals surface area contributed by atoms with Crippen LogP contribution in [0.25, 0.3) is 0 Å². The first-order chi connectivity index (χ1) is 5.56. The van der Waals surface area contributed by atoms with Crippen LogP contribution >= 0.6 is 12.4 Å². The highest BCUT2D eigenvalue weighted by Gasteiger charge is 2.24. The minimum atomic E-state index is -2.96. The maximum Gasteiger partial charge on any atom is 0.213 e. The summed E-state index contributed by atoms with van der Waals surface area (Å²) in [6, 6.07) is 0.278. The molecule has 0 bridgehead atoms. The lowest BCUT2D eigenvalue weighted by atomic mass is 10.3. The first-order valence-electron chi connectivity index (χ1n) is 4.27. The average molecular weight is 229 g/mol. The van der Waals surface area contributed by atoms with Crippen molar-refractivity contribution in [3.8, 4) is 0 Å². The quantitative estimate of drug-likeness (QED) is 0.727. The molecule has 0 aromatic carbocycles. The second-order valence-electron chi connectivity index (χ2n) is 3.11. The van der Waals surface area contributed by atoms with E-state index in [4.69, 9.17) is 0 Å². The normalized spacial score (nSPS) is 25.2. The number of sulfonamides is 1. The van der Waals surface area contributed by atoms with Crippen LogP contribution in [0.4, 0.5) is 0 Å². The number of rotatable bonds is 2. The Morgan fingerprint density at radius 1 is 1.54 bits per heavy atom. The van der Waals surface area contributed by atoms with Gasteiger partial charge in [0.1, 0.15) is 0 Å². The molecule has 0 amide bonds. The van der Waals surface area contributed by atoms with Gasteiger partial charge in [-0.25, -0.2) is 8.42 Å². The van der Waals surface area contributed by atoms with Crippen LogP contribution in [0.3, 0.4) is 0 Å². The zero-order chi connectivity index (χ0) is 9.19. The van der Waals surface area contributed by atoms with Crippen LogP contribution in [0.15, 0.2) is 0 Å². The molecule has 0 radical (unpaired) electrons. The number of nitrogens with one attached hydrogen (secondary N) is 1. The molecule has 0 aromatic rings. The van der Waals surface area contributed by atoms with E-state index in [0.717, 1.165) is 6.54 Å². The second-order valence-corrected chi connectivity index (χ2v) is 5.37. The van der Waals surface area contributed by atoms with Gasteiger partial charge in [-0.3, -0.25) is 0 Å². The fraction of sp³-hybridized carbons (Fsp3) is 1.00. The number of piperazine rings is 1. The van der Waals surface area contributed by atoms with E-state index in [9.17, 15) is 8.42 Å². The summed E-state index contributed by atoms with van der Waals surface area (Å²) in [6.07, 6.45) is 0. The molecule has 80 valence electrons. The summed E-state index contributed by atoms with van der Waals surface area (Å²) in [7, 11) is -2.96. The van der Waals surface area contributed by atoms with Crippen LogP contribution in [0.5, 0.6) is 0 Å². The van der Waals surface area contributed by atoms with Crippen LogP contribution < -0.4 is 5.32 Å². The Kier molecular flexibility index (Phi) is 5.21. The third-order valence-electron chi connectivity index (χ3n) is 2.09. The molecule has 1 saturated heterocycles. The van der Waals surface area contributed by atoms with Gasteiger partial charge in [0.2, 0.25) is 10.0 Å². The maximum absolute atomic E-state index is 11.4. The minimum Gasteiger partial charge on any atom is -0.312 e. The summed E-state index contributed by atoms with van der Waals surface area (Å²) < 4.78 is 24.4. The molecule has 1 atom stereocenters. The van der Waals surface area contributed by atoms with Gasteiger partial charge < -0.3 is 5.32 Å². The van der Waals surface area contributed by atoms with Gasteiger partial charge in [0, 0.05) is 25.7 Å². The highest BCUT2D eigenvalue weighted by atomic mass is 35.5. The van der Waals surface area contributed by atoms with Crippen molar-refractivity contribution in [2.75, 3.05) is 25.4 Å². The van der Waals surface area contributed by atoms with Crippen molar-refractivity contribution in [2.45, 2.75) is 19.9 Å². The van der Waals surface area contributed by atoms with E-state index in [1.165, 1.54) is 0 Å². The van der Waals surface area contributed by atoms with E-state index in [0.29, 0.717) is 13.1 Å². The van der Waals surface area contributed by atoms with E-state index in [1.54, 1.807) is 11.2 Å². The molecule has 1 rings (SSSR count). The van der Waals surface area contributed by atoms with E-state index in [1.807, 2.05) is 6.92 Å². The molecule has 0 spiro atoms. The average Bonchev–Trinajstić information content (AvgIpc) is 2.05. The fourth-order valence-corrected chi connectivity index (χ4v) is 2.52. The lowest BCUT2D eigenvalue weighted by molar-refractivity contribution is 0.310. The number of hydrogen-bond acceptors (Lipinski definition) is 3. The third kappa shape index (κ3) is 3.42. The van der Waals surface area contributed by atoms with Crippen molar-refractivity contribution in [1.82, 2.24) is 9.62 Å². The van der Waals surface area contributed by atoms with Crippen molar-refractivity contribution >= 4 is 22.4 Å². The predicted molar refractivity (Wildman–Crippen MR) is 55.7 cm³/mol. The predicted octanol–water partition coefficient (Wildman–Crippen LogP) is 0.0516. The van der Waals surface area contributed by atoms with Crippen LogP contribution in [-0.4, -0.2) is 44.2 Å². The Morgan fingerprint density at radius 2 is 2.15 bits per heavy atom. The van der Waals surface area contributed by atoms with Gasteiger partial charge in [0.05, 0.1) is 5.75 Å². The van der Waals surface area contributed by atoms with Gasteiger partial charge in [-0.2, -0.15) is 4.31 Å². The highest BCUT2D eigenvalue weighted by molar-refractivity contribution is 7.89. The number of halogens is 1. The van der Waals surface area contributed by atoms with Gasteiger partial charge in [-0.15, -0.1) is 12.4 Å². The van der Waals surface area contributed by atoms with E-state index in [-0.39, 0.29) is 24.2 Å². The molecule has 1 aliphatic heterocycles. The zero-order valence-corrected chi connectivity index (χ0v) is 9.62. The van der Waals surface area contributed by atoms with Gasteiger partial charge in [0.15, 0.2) is 0 Å². The van der Waals surface area contributed by atoms with Crippen LogP contribution in [0.2, 0.25) is 0 Å². The Bertz CT molecular complexity index is 243. The monoisotopic (exact) mass is 228 g/mol. The standard InChI is InChI=1S/C7H16N2O2S.ClH/c1-3-12(10,11)9-5-4-8-7(2)6-9;/h7-8H,3-6H2,1-2H3;1H. The van der Waals surface area contributed by atoms with Crippen molar-refractivity contribution in [3.63, 3.8) is 0 Å². The summed E-state index contributed by atoms with van der Waals surface area (Å²) in [5.41, 5.74) is 0. The fourth-order valence-electron chi connectivity index (χ4n) is 1.33. The largest absolute Gasteiger partial charge is 0.312 e. The minimum absolute atomic E-state index is 0. The van der Waals surface area contributed by atoms with E-state index >= 15 is 0 Å². The SMILES string of the molecule is CCS(=O)(=O)N1CCNC(C)C1.Cl. The molecule has 0 aliphatic carbocycles. The molecule has 4 nitrogen and oxygen atoms in total. The summed E-state index contributed by atoms with van der Waals surface area (Å²) >= 11 is 0. The summed E-state index contributed by atoms with van der Waals surface area (Å²) in [5, 5.41) is 3.20. The summed E-state index contributed by atoms with van der Waals surface area (Å²) in [6.45, 7) is 5.66. The Labute approximate surface area is 86.1 Å². The van der Waals surface area contributed by atoms with E-state index in [2.05, 4.69) is 5.32 Å². The Balaban J connectivity index is 0.00000144. The molecule has 1 unspecified atom stereocenters. The molecule has 1 aliphatic rings. The number of nitrogens with zero attached hydrogens (tertiary/aromatic N) is 1. The molecule has 0 saturated carbocycles. The zero-order valence-electron chi connectivity index (χ0n) is 7.99. The first-order valence-corrected chi connectivity index (χ1v) is 5.88. The molecular formula is C7H17ClN2O2S. The third-order valence-corrected chi connectivity index (χ3v) is 3.94. The lowest BCUT2D eigenvalue weighted by Gasteiger charge is -2.30. The van der Waals surface area contributed by atoms with Crippen molar-refractivity contribution in [3.05, 3.63) is 0 Å². The van der Waals surface area contributed by atoms with Crippen LogP contribution in [0.1, 0.15) is 13.8 Å². The molecule has 0 aromatic heterocycles. The summed E-state index contributed by atoms with van der Waals surface area (Å²) in [5.74, 6) is 0.208. The van der Waals surface area contributed by atoms with Gasteiger partial charge in [-0.1, -0.05) is 0 Å². The van der Waals surface area contributed by atoms with Crippen LogP contribution in [-0.2, 0) is 10.0 Å². The smallest absolute Gasteiger partial charge is 0.213 e. The second kappa shape index (κ2) is 5.14. The van der Waals surface area contributed by atoms with Gasteiger partial charge in [0.25, 0.3) is 0 Å². The van der Waals surface area contributed by atoms with Gasteiger partial charge >= 0.3 is 0 Å². The van der Waals surface area contributed by atoms with E-state index < -0.39 is 10.0 Å². The molecule has 13 heavy (non-hydrogen) atoms. The summed E-state index contributed by atoms with van der Waals surface area (Å²) in [4.78, 5) is 0.